The number of hydrogen-bond donors (Lipinski definition) is 0. The molecule has 0 saturated carbocycles. The average Bonchev–Trinajstić information content (AvgIpc) is 3.16. The van der Waals surface area contributed by atoms with Crippen LogP contribution in [0.5, 0.6) is 0 Å². The standard InChI is InChI=1S/C27H15NS/c1-2-10-23-19(8-1)21-13-14-28-26(27(21)29-23)22-15-18-7-3-5-16-11-12-17-6-4-9-20(22)25(17)24(16)18/h1-15H. The summed E-state index contributed by atoms with van der Waals surface area (Å²) in [7, 11) is 0. The lowest BCUT2D eigenvalue weighted by molar-refractivity contribution is 1.38. The van der Waals surface area contributed by atoms with E-state index in [0.717, 1.165) is 5.69 Å². The summed E-state index contributed by atoms with van der Waals surface area (Å²) in [6, 6.07) is 30.8. The molecule has 29 heavy (non-hydrogen) atoms. The highest BCUT2D eigenvalue weighted by atomic mass is 32.1. The van der Waals surface area contributed by atoms with Crippen molar-refractivity contribution < 1.29 is 0 Å². The quantitative estimate of drug-likeness (QED) is 0.261. The van der Waals surface area contributed by atoms with Gasteiger partial charge in [-0.15, -0.1) is 11.3 Å². The fourth-order valence-electron chi connectivity index (χ4n) is 4.80. The van der Waals surface area contributed by atoms with Gasteiger partial charge in [-0.05, 0) is 50.5 Å². The molecule has 134 valence electrons. The van der Waals surface area contributed by atoms with Crippen molar-refractivity contribution in [3.63, 3.8) is 0 Å². The van der Waals surface area contributed by atoms with Crippen molar-refractivity contribution in [2.75, 3.05) is 0 Å². The Labute approximate surface area is 171 Å². The van der Waals surface area contributed by atoms with E-state index in [1.54, 1.807) is 0 Å². The van der Waals surface area contributed by atoms with Crippen molar-refractivity contribution in [1.82, 2.24) is 4.98 Å². The molecular formula is C27H15NS. The van der Waals surface area contributed by atoms with Gasteiger partial charge in [0.05, 0.1) is 10.4 Å². The first-order chi connectivity index (χ1) is 14.4. The number of pyridine rings is 1. The topological polar surface area (TPSA) is 12.9 Å². The van der Waals surface area contributed by atoms with E-state index >= 15 is 0 Å². The third kappa shape index (κ3) is 2.01. The van der Waals surface area contributed by atoms with E-state index in [2.05, 4.69) is 84.9 Å². The first kappa shape index (κ1) is 15.4. The number of rotatable bonds is 1. The van der Waals surface area contributed by atoms with Crippen LogP contribution in [-0.4, -0.2) is 4.98 Å². The number of nitrogens with zero attached hydrogens (tertiary/aromatic N) is 1. The van der Waals surface area contributed by atoms with Gasteiger partial charge in [0.2, 0.25) is 0 Å². The molecule has 2 aromatic heterocycles. The minimum absolute atomic E-state index is 1.09. The Hall–Kier alpha value is -3.49. The van der Waals surface area contributed by atoms with Crippen molar-refractivity contribution in [1.29, 1.82) is 0 Å². The zero-order valence-corrected chi connectivity index (χ0v) is 16.3. The van der Waals surface area contributed by atoms with Crippen molar-refractivity contribution >= 4 is 63.8 Å². The Morgan fingerprint density at radius 3 is 2.28 bits per heavy atom. The van der Waals surface area contributed by atoms with Crippen molar-refractivity contribution in [3.05, 3.63) is 91.1 Å². The van der Waals surface area contributed by atoms with E-state index < -0.39 is 0 Å². The van der Waals surface area contributed by atoms with Crippen LogP contribution >= 0.6 is 11.3 Å². The Balaban J connectivity index is 1.70. The molecule has 0 N–H and O–H groups in total. The molecule has 7 aromatic rings. The summed E-state index contributed by atoms with van der Waals surface area (Å²) in [5.74, 6) is 0. The molecule has 0 bridgehead atoms. The molecule has 0 aliphatic carbocycles. The van der Waals surface area contributed by atoms with Crippen LogP contribution in [0.3, 0.4) is 0 Å². The molecule has 0 saturated heterocycles. The number of aromatic nitrogens is 1. The maximum absolute atomic E-state index is 4.89. The Kier molecular flexibility index (Phi) is 2.94. The summed E-state index contributed by atoms with van der Waals surface area (Å²) in [6.45, 7) is 0. The fraction of sp³-hybridized carbons (Fsp3) is 0. The molecule has 0 aliphatic rings. The monoisotopic (exact) mass is 385 g/mol. The Morgan fingerprint density at radius 1 is 0.586 bits per heavy atom. The summed E-state index contributed by atoms with van der Waals surface area (Å²) in [5, 5.41) is 10.5. The molecule has 1 nitrogen and oxygen atoms in total. The smallest absolute Gasteiger partial charge is 0.0886 e. The average molecular weight is 385 g/mol. The van der Waals surface area contributed by atoms with Crippen LogP contribution in [0, 0.1) is 0 Å². The summed E-state index contributed by atoms with van der Waals surface area (Å²) < 4.78 is 2.58. The molecule has 0 radical (unpaired) electrons. The normalized spacial score (nSPS) is 12.1. The predicted molar refractivity (Wildman–Crippen MR) is 126 cm³/mol. The van der Waals surface area contributed by atoms with Crippen molar-refractivity contribution in [2.45, 2.75) is 0 Å². The lowest BCUT2D eigenvalue weighted by Gasteiger charge is -2.14. The maximum atomic E-state index is 4.89. The van der Waals surface area contributed by atoms with Gasteiger partial charge >= 0.3 is 0 Å². The highest BCUT2D eigenvalue weighted by Crippen LogP contribution is 2.44. The second kappa shape index (κ2) is 5.53. The summed E-state index contributed by atoms with van der Waals surface area (Å²) in [6.07, 6.45) is 1.96. The summed E-state index contributed by atoms with van der Waals surface area (Å²) >= 11 is 1.84. The van der Waals surface area contributed by atoms with E-state index in [1.807, 2.05) is 17.5 Å². The molecule has 2 heteroatoms. The van der Waals surface area contributed by atoms with Gasteiger partial charge in [-0.2, -0.15) is 0 Å². The number of thiophene rings is 1. The van der Waals surface area contributed by atoms with E-state index in [4.69, 9.17) is 4.98 Å². The number of hydrogen-bond acceptors (Lipinski definition) is 2. The lowest BCUT2D eigenvalue weighted by Crippen LogP contribution is -1.89. The van der Waals surface area contributed by atoms with Gasteiger partial charge in [0.25, 0.3) is 0 Å². The van der Waals surface area contributed by atoms with Gasteiger partial charge in [-0.1, -0.05) is 66.7 Å². The highest BCUT2D eigenvalue weighted by molar-refractivity contribution is 7.26. The van der Waals surface area contributed by atoms with Gasteiger partial charge in [-0.25, -0.2) is 0 Å². The van der Waals surface area contributed by atoms with Crippen molar-refractivity contribution in [3.8, 4) is 11.3 Å². The number of benzene rings is 5. The van der Waals surface area contributed by atoms with Crippen LogP contribution in [0.4, 0.5) is 0 Å². The molecule has 0 fully saturated rings. The molecule has 7 rings (SSSR count). The van der Waals surface area contributed by atoms with E-state index in [9.17, 15) is 0 Å². The predicted octanol–water partition coefficient (Wildman–Crippen LogP) is 8.01. The summed E-state index contributed by atoms with van der Waals surface area (Å²) in [5.41, 5.74) is 2.31. The third-order valence-corrected chi connectivity index (χ3v) is 7.25. The molecule has 0 aliphatic heterocycles. The molecule has 0 unspecified atom stereocenters. The van der Waals surface area contributed by atoms with E-state index in [-0.39, 0.29) is 0 Å². The van der Waals surface area contributed by atoms with Crippen LogP contribution in [0.25, 0.3) is 63.7 Å². The minimum Gasteiger partial charge on any atom is -0.255 e. The molecule has 2 heterocycles. The SMILES string of the molecule is c1cc2ccc3cccc4c(-c5nccc6c5sc5ccccc56)cc(c1)c2c34. The van der Waals surface area contributed by atoms with E-state index in [0.29, 0.717) is 0 Å². The van der Waals surface area contributed by atoms with Crippen LogP contribution in [0.15, 0.2) is 91.1 Å². The fourth-order valence-corrected chi connectivity index (χ4v) is 6.00. The zero-order valence-electron chi connectivity index (χ0n) is 15.5. The van der Waals surface area contributed by atoms with Gasteiger partial charge in [0, 0.05) is 27.2 Å². The molecule has 0 spiro atoms. The van der Waals surface area contributed by atoms with Gasteiger partial charge < -0.3 is 0 Å². The van der Waals surface area contributed by atoms with Crippen LogP contribution in [-0.2, 0) is 0 Å². The Bertz CT molecular complexity index is 1710. The van der Waals surface area contributed by atoms with Gasteiger partial charge in [0.15, 0.2) is 0 Å². The Morgan fingerprint density at radius 2 is 1.34 bits per heavy atom. The first-order valence-corrected chi connectivity index (χ1v) is 10.6. The molecule has 0 atom stereocenters. The molecule has 5 aromatic carbocycles. The number of fused-ring (bicyclic) bond motifs is 3. The third-order valence-electron chi connectivity index (χ3n) is 6.06. The molecule has 0 amide bonds. The second-order valence-corrected chi connectivity index (χ2v) is 8.66. The largest absolute Gasteiger partial charge is 0.255 e. The van der Waals surface area contributed by atoms with Crippen LogP contribution in [0.1, 0.15) is 0 Å². The maximum Gasteiger partial charge on any atom is 0.0886 e. The zero-order chi connectivity index (χ0) is 18.9. The minimum atomic E-state index is 1.09. The lowest BCUT2D eigenvalue weighted by atomic mass is 9.90. The van der Waals surface area contributed by atoms with Crippen LogP contribution < -0.4 is 0 Å². The molecular weight excluding hydrogens is 370 g/mol. The second-order valence-electron chi connectivity index (χ2n) is 7.61. The van der Waals surface area contributed by atoms with Crippen molar-refractivity contribution in [2.24, 2.45) is 0 Å². The summed E-state index contributed by atoms with van der Waals surface area (Å²) in [4.78, 5) is 4.89. The first-order valence-electron chi connectivity index (χ1n) is 9.82. The van der Waals surface area contributed by atoms with Crippen LogP contribution in [0.2, 0.25) is 0 Å². The van der Waals surface area contributed by atoms with Gasteiger partial charge in [-0.3, -0.25) is 4.98 Å². The van der Waals surface area contributed by atoms with Gasteiger partial charge in [0.1, 0.15) is 0 Å². The van der Waals surface area contributed by atoms with E-state index in [1.165, 1.54) is 58.1 Å². The highest BCUT2D eigenvalue weighted by Gasteiger charge is 2.17.